The van der Waals surface area contributed by atoms with Crippen LogP contribution in [0.4, 0.5) is 0 Å². The van der Waals surface area contributed by atoms with Gasteiger partial charge >= 0.3 is 0 Å². The van der Waals surface area contributed by atoms with Crippen molar-refractivity contribution in [3.05, 3.63) is 128 Å². The van der Waals surface area contributed by atoms with Gasteiger partial charge in [-0.05, 0) is 81.3 Å². The molecule has 0 heterocycles. The Labute approximate surface area is 314 Å². The second-order valence-electron chi connectivity index (χ2n) is 13.6. The average Bonchev–Trinajstić information content (AvgIpc) is 3.16. The third kappa shape index (κ3) is 5.62. The molecule has 0 aromatic heterocycles. The lowest BCUT2D eigenvalue weighted by Crippen LogP contribution is -2.47. The van der Waals surface area contributed by atoms with Crippen molar-refractivity contribution < 1.29 is 35.5 Å². The fourth-order valence-corrected chi connectivity index (χ4v) is 11.2. The van der Waals surface area contributed by atoms with Crippen LogP contribution >= 0.6 is 0 Å². The van der Waals surface area contributed by atoms with Crippen molar-refractivity contribution >= 4 is 43.2 Å². The van der Waals surface area contributed by atoms with Crippen LogP contribution < -0.4 is 11.7 Å². The normalized spacial score (nSPS) is 21.7. The SMILES string of the molecule is CCc1cc(-c2cc(CC)c(C3(S(=O)(=O)O)CC(=NN)C(=O)c4ccccc43)c(CC)c2)cc(CC)c1C1(S(=O)(=O)O)CC(=NN)C(=O)c2ccccc21. The number of hydrogen-bond donors (Lipinski definition) is 4. The predicted molar refractivity (Wildman–Crippen MR) is 208 cm³/mol. The van der Waals surface area contributed by atoms with Crippen LogP contribution in [0.25, 0.3) is 11.1 Å². The number of nitrogens with two attached hydrogens (primary N) is 2. The van der Waals surface area contributed by atoms with Crippen LogP contribution in [0.2, 0.25) is 0 Å². The van der Waals surface area contributed by atoms with E-state index in [9.17, 15) is 35.5 Å². The largest absolute Gasteiger partial charge is 0.323 e. The molecule has 4 aromatic carbocycles. The number of hydrazone groups is 2. The van der Waals surface area contributed by atoms with Gasteiger partial charge in [-0.15, -0.1) is 0 Å². The molecule has 0 saturated carbocycles. The highest BCUT2D eigenvalue weighted by atomic mass is 32.2. The maximum absolute atomic E-state index is 13.8. The maximum atomic E-state index is 13.8. The number of Topliss-reactive ketones (excluding diaryl/α,β-unsaturated/α-hetero) is 2. The van der Waals surface area contributed by atoms with E-state index < -0.39 is 54.1 Å². The Hall–Kier alpha value is -5.02. The highest BCUT2D eigenvalue weighted by Gasteiger charge is 2.56. The predicted octanol–water partition coefficient (Wildman–Crippen LogP) is 5.67. The van der Waals surface area contributed by atoms with Crippen LogP contribution in [0.1, 0.15) is 106 Å². The molecule has 0 spiro atoms. The first-order valence-corrected chi connectivity index (χ1v) is 20.6. The van der Waals surface area contributed by atoms with Crippen LogP contribution in [0, 0.1) is 0 Å². The van der Waals surface area contributed by atoms with Crippen molar-refractivity contribution in [3.63, 3.8) is 0 Å². The van der Waals surface area contributed by atoms with Crippen molar-refractivity contribution in [2.75, 3.05) is 0 Å². The summed E-state index contributed by atoms with van der Waals surface area (Å²) < 4.78 is 73.3. The fourth-order valence-electron chi connectivity index (χ4n) is 8.59. The van der Waals surface area contributed by atoms with E-state index in [0.717, 1.165) is 0 Å². The average molecular weight is 771 g/mol. The number of rotatable bonds is 9. The van der Waals surface area contributed by atoms with Crippen LogP contribution in [0.3, 0.4) is 0 Å². The van der Waals surface area contributed by atoms with Gasteiger partial charge in [-0.25, -0.2) is 0 Å². The Bertz CT molecular complexity index is 2300. The number of nitrogens with zero attached hydrogens (tertiary/aromatic N) is 2. The van der Waals surface area contributed by atoms with E-state index in [0.29, 0.717) is 70.2 Å². The minimum absolute atomic E-state index is 0.0797. The van der Waals surface area contributed by atoms with Crippen LogP contribution in [-0.2, 0) is 55.4 Å². The molecule has 12 nitrogen and oxygen atoms in total. The Morgan fingerprint density at radius 3 is 1.13 bits per heavy atom. The molecule has 2 unspecified atom stereocenters. The second-order valence-corrected chi connectivity index (χ2v) is 16.9. The molecule has 14 heteroatoms. The molecular formula is C40H42N4O8S2. The van der Waals surface area contributed by atoms with Gasteiger partial charge in [0.1, 0.15) is 11.4 Å². The minimum Gasteiger partial charge on any atom is -0.323 e. The molecule has 0 amide bonds. The van der Waals surface area contributed by atoms with Crippen LogP contribution in [-0.4, -0.2) is 48.9 Å². The van der Waals surface area contributed by atoms with Crippen molar-refractivity contribution in [2.24, 2.45) is 21.9 Å². The van der Waals surface area contributed by atoms with Gasteiger partial charge in [0.25, 0.3) is 20.2 Å². The molecule has 0 saturated heterocycles. The molecule has 6 N–H and O–H groups in total. The number of carbonyl (C=O) groups is 2. The summed E-state index contributed by atoms with van der Waals surface area (Å²) in [5.41, 5.74) is 4.53. The summed E-state index contributed by atoms with van der Waals surface area (Å²) in [5, 5.41) is 7.34. The van der Waals surface area contributed by atoms with Crippen molar-refractivity contribution in [3.8, 4) is 11.1 Å². The Kier molecular flexibility index (Phi) is 10.0. The zero-order valence-corrected chi connectivity index (χ0v) is 32.0. The quantitative estimate of drug-likeness (QED) is 0.0928. The first kappa shape index (κ1) is 38.7. The lowest BCUT2D eigenvalue weighted by atomic mass is 9.71. The third-order valence-corrected chi connectivity index (χ3v) is 13.9. The highest BCUT2D eigenvalue weighted by Crippen LogP contribution is 2.51. The number of hydrogen-bond acceptors (Lipinski definition) is 10. The Morgan fingerprint density at radius 1 is 0.574 bits per heavy atom. The summed E-state index contributed by atoms with van der Waals surface area (Å²) in [6, 6.07) is 19.9. The summed E-state index contributed by atoms with van der Waals surface area (Å²) in [7, 11) is -9.94. The van der Waals surface area contributed by atoms with Gasteiger partial charge in [-0.3, -0.25) is 18.7 Å². The summed E-state index contributed by atoms with van der Waals surface area (Å²) in [6.45, 7) is 7.46. The third-order valence-electron chi connectivity index (χ3n) is 11.0. The standard InChI is InChI=1S/C40H42N4O8S2/c1-5-23-17-27(18-24(6-2)35(23)39(53(47,48)49)21-33(43-41)37(45)29-13-9-11-15-31(29)39)28-19-25(7-3)36(26(8-4)20-28)40(54(50,51)52)22-34(44-42)38(46)30-14-10-12-16-32(30)40/h9-20H,5-8,21-22,41-42H2,1-4H3,(H,47,48,49)(H,50,51,52). The van der Waals surface area contributed by atoms with E-state index in [1.807, 2.05) is 52.0 Å². The van der Waals surface area contributed by atoms with E-state index >= 15 is 0 Å². The Balaban J connectivity index is 1.66. The zero-order valence-electron chi connectivity index (χ0n) is 30.4. The number of ketones is 2. The van der Waals surface area contributed by atoms with E-state index in [1.165, 1.54) is 24.3 Å². The van der Waals surface area contributed by atoms with Crippen molar-refractivity contribution in [1.29, 1.82) is 0 Å². The smallest absolute Gasteiger partial charge is 0.279 e. The molecule has 0 bridgehead atoms. The number of aryl methyl sites for hydroxylation is 4. The number of benzene rings is 4. The first-order chi connectivity index (χ1) is 25.6. The summed E-state index contributed by atoms with van der Waals surface area (Å²) in [4.78, 5) is 26.7. The van der Waals surface area contributed by atoms with Crippen molar-refractivity contribution in [2.45, 2.75) is 75.7 Å². The second kappa shape index (κ2) is 14.0. The summed E-state index contributed by atoms with van der Waals surface area (Å²) in [6.07, 6.45) is 0.432. The topological polar surface area (TPSA) is 220 Å². The highest BCUT2D eigenvalue weighted by molar-refractivity contribution is 7.87. The Morgan fingerprint density at radius 2 is 0.870 bits per heavy atom. The summed E-state index contributed by atoms with van der Waals surface area (Å²) >= 11 is 0. The van der Waals surface area contributed by atoms with Crippen LogP contribution in [0.5, 0.6) is 0 Å². The van der Waals surface area contributed by atoms with Gasteiger partial charge in [0.15, 0.2) is 9.49 Å². The zero-order chi connectivity index (χ0) is 39.4. The molecule has 0 fully saturated rings. The van der Waals surface area contributed by atoms with E-state index in [2.05, 4.69) is 10.2 Å². The molecule has 54 heavy (non-hydrogen) atoms. The monoisotopic (exact) mass is 770 g/mol. The fraction of sp³-hybridized carbons (Fsp3) is 0.300. The van der Waals surface area contributed by atoms with Crippen molar-refractivity contribution in [1.82, 2.24) is 0 Å². The number of fused-ring (bicyclic) bond motifs is 2. The molecule has 6 rings (SSSR count). The van der Waals surface area contributed by atoms with Gasteiger partial charge in [0.05, 0.1) is 0 Å². The lowest BCUT2D eigenvalue weighted by Gasteiger charge is -2.39. The van der Waals surface area contributed by atoms with Gasteiger partial charge in [0.2, 0.25) is 11.6 Å². The molecular weight excluding hydrogens is 729 g/mol. The maximum Gasteiger partial charge on any atom is 0.279 e. The van der Waals surface area contributed by atoms with E-state index in [4.69, 9.17) is 11.7 Å². The molecule has 0 radical (unpaired) electrons. The van der Waals surface area contributed by atoms with Crippen LogP contribution in [0.15, 0.2) is 83.0 Å². The first-order valence-electron chi connectivity index (χ1n) is 17.7. The van der Waals surface area contributed by atoms with Gasteiger partial charge in [-0.2, -0.15) is 27.0 Å². The van der Waals surface area contributed by atoms with E-state index in [-0.39, 0.29) is 33.7 Å². The van der Waals surface area contributed by atoms with Gasteiger partial charge in [0, 0.05) is 24.0 Å². The molecule has 2 aliphatic carbocycles. The van der Waals surface area contributed by atoms with Gasteiger partial charge in [-0.1, -0.05) is 100 Å². The molecule has 2 atom stereocenters. The lowest BCUT2D eigenvalue weighted by molar-refractivity contribution is 0.105. The van der Waals surface area contributed by atoms with Gasteiger partial charge < -0.3 is 11.7 Å². The summed E-state index contributed by atoms with van der Waals surface area (Å²) in [5.74, 6) is 10.3. The molecule has 4 aromatic rings. The molecule has 0 aliphatic heterocycles. The molecule has 282 valence electrons. The molecule has 2 aliphatic rings. The number of carbonyl (C=O) groups excluding carboxylic acids is 2. The van der Waals surface area contributed by atoms with E-state index in [1.54, 1.807) is 24.3 Å². The minimum atomic E-state index is -4.97.